The van der Waals surface area contributed by atoms with Crippen molar-refractivity contribution in [2.24, 2.45) is 5.92 Å². The van der Waals surface area contributed by atoms with Gasteiger partial charge in [0, 0.05) is 62.4 Å². The monoisotopic (exact) mass is 607 g/mol. The lowest BCUT2D eigenvalue weighted by atomic mass is 9.97. The van der Waals surface area contributed by atoms with Crippen molar-refractivity contribution < 1.29 is 9.47 Å². The molecule has 5 nitrogen and oxygen atoms in total. The molecule has 6 heteroatoms. The van der Waals surface area contributed by atoms with Gasteiger partial charge in [-0.3, -0.25) is 4.90 Å². The third-order valence-electron chi connectivity index (χ3n) is 8.80. The fraction of sp³-hybridized carbons (Fsp3) is 0.568. The van der Waals surface area contributed by atoms with Gasteiger partial charge in [-0.1, -0.05) is 82.7 Å². The third-order valence-corrected chi connectivity index (χ3v) is 9.31. The minimum absolute atomic E-state index is 0.122. The third kappa shape index (κ3) is 9.18. The van der Waals surface area contributed by atoms with Crippen LogP contribution in [0.4, 0.5) is 5.69 Å². The van der Waals surface area contributed by atoms with E-state index >= 15 is 0 Å². The lowest BCUT2D eigenvalue weighted by Gasteiger charge is -2.41. The van der Waals surface area contributed by atoms with Gasteiger partial charge in [0.25, 0.3) is 0 Å². The summed E-state index contributed by atoms with van der Waals surface area (Å²) in [7, 11) is 0. The summed E-state index contributed by atoms with van der Waals surface area (Å²) in [5.74, 6) is 2.08. The molecule has 4 rings (SSSR count). The van der Waals surface area contributed by atoms with Crippen LogP contribution in [0.1, 0.15) is 84.6 Å². The van der Waals surface area contributed by atoms with Crippen LogP contribution in [0, 0.1) is 5.92 Å². The maximum atomic E-state index is 6.69. The Balaban J connectivity index is 1.26. The van der Waals surface area contributed by atoms with E-state index in [1.165, 1.54) is 24.1 Å². The number of aryl methyl sites for hydroxylation is 1. The molecule has 3 aliphatic rings. The van der Waals surface area contributed by atoms with Crippen molar-refractivity contribution >= 4 is 17.3 Å². The molecule has 1 aliphatic carbocycles. The molecule has 1 aromatic carbocycles. The van der Waals surface area contributed by atoms with Gasteiger partial charge < -0.3 is 19.3 Å². The van der Waals surface area contributed by atoms with Gasteiger partial charge in [-0.2, -0.15) is 0 Å². The van der Waals surface area contributed by atoms with Crippen molar-refractivity contribution in [2.75, 3.05) is 44.2 Å². The van der Waals surface area contributed by atoms with Gasteiger partial charge in [-0.05, 0) is 62.8 Å². The van der Waals surface area contributed by atoms with E-state index in [2.05, 4.69) is 92.0 Å². The number of hydrogen-bond donors (Lipinski definition) is 0. The van der Waals surface area contributed by atoms with Crippen LogP contribution >= 0.6 is 11.6 Å². The van der Waals surface area contributed by atoms with Crippen molar-refractivity contribution in [1.29, 1.82) is 0 Å². The number of halogens is 1. The van der Waals surface area contributed by atoms with Gasteiger partial charge in [0.15, 0.2) is 6.23 Å². The van der Waals surface area contributed by atoms with Crippen molar-refractivity contribution in [3.8, 4) is 5.75 Å². The first-order valence-electron chi connectivity index (χ1n) is 16.5. The Bertz CT molecular complexity index is 1190. The van der Waals surface area contributed by atoms with E-state index in [1.54, 1.807) is 0 Å². The molecule has 0 amide bonds. The van der Waals surface area contributed by atoms with Crippen LogP contribution in [-0.4, -0.2) is 55.4 Å². The minimum atomic E-state index is -0.122. The SMILES string of the molecule is C=C(CCCCC)OC(C(C)C)N1C(=C)CCc2ccc(OCCCCN3CCN(C4=C(Cl)C(C)=CC=CC4)CC3)cc21. The highest BCUT2D eigenvalue weighted by Gasteiger charge is 2.31. The Morgan fingerprint density at radius 3 is 2.58 bits per heavy atom. The first kappa shape index (κ1) is 33.3. The molecule has 0 spiro atoms. The molecule has 2 aliphatic heterocycles. The van der Waals surface area contributed by atoms with Crippen molar-refractivity contribution in [3.05, 3.63) is 82.9 Å². The number of allylic oxidation sites excluding steroid dienone is 7. The average molecular weight is 608 g/mol. The quantitative estimate of drug-likeness (QED) is 0.146. The maximum Gasteiger partial charge on any atom is 0.178 e. The summed E-state index contributed by atoms with van der Waals surface area (Å²) in [5, 5.41) is 0.922. The van der Waals surface area contributed by atoms with E-state index < -0.39 is 0 Å². The van der Waals surface area contributed by atoms with E-state index in [1.807, 2.05) is 0 Å². The summed E-state index contributed by atoms with van der Waals surface area (Å²) in [6.45, 7) is 23.5. The van der Waals surface area contributed by atoms with Crippen LogP contribution in [0.15, 0.2) is 77.3 Å². The topological polar surface area (TPSA) is 28.2 Å². The molecule has 0 N–H and O–H groups in total. The number of benzene rings is 1. The lowest BCUT2D eigenvalue weighted by Crippen LogP contribution is -2.46. The highest BCUT2D eigenvalue weighted by Crippen LogP contribution is 2.39. The van der Waals surface area contributed by atoms with Gasteiger partial charge in [0.2, 0.25) is 0 Å². The zero-order chi connectivity index (χ0) is 30.8. The van der Waals surface area contributed by atoms with Gasteiger partial charge in [-0.15, -0.1) is 0 Å². The number of unbranched alkanes of at least 4 members (excludes halogenated alkanes) is 3. The van der Waals surface area contributed by atoms with E-state index in [0.29, 0.717) is 0 Å². The zero-order valence-electron chi connectivity index (χ0n) is 27.2. The predicted molar refractivity (Wildman–Crippen MR) is 183 cm³/mol. The Morgan fingerprint density at radius 1 is 1.05 bits per heavy atom. The van der Waals surface area contributed by atoms with Crippen LogP contribution in [0.5, 0.6) is 5.75 Å². The predicted octanol–water partition coefficient (Wildman–Crippen LogP) is 9.18. The minimum Gasteiger partial charge on any atom is -0.494 e. The summed E-state index contributed by atoms with van der Waals surface area (Å²) < 4.78 is 12.8. The smallest absolute Gasteiger partial charge is 0.178 e. The highest BCUT2D eigenvalue weighted by molar-refractivity contribution is 6.32. The normalized spacial score (nSPS) is 18.5. The second-order valence-corrected chi connectivity index (χ2v) is 13.0. The Labute approximate surface area is 266 Å². The van der Waals surface area contributed by atoms with E-state index in [4.69, 9.17) is 21.1 Å². The van der Waals surface area contributed by atoms with Crippen molar-refractivity contribution in [1.82, 2.24) is 9.80 Å². The van der Waals surface area contributed by atoms with Crippen molar-refractivity contribution in [3.63, 3.8) is 0 Å². The van der Waals surface area contributed by atoms with Crippen LogP contribution in [0.25, 0.3) is 0 Å². The zero-order valence-corrected chi connectivity index (χ0v) is 27.9. The van der Waals surface area contributed by atoms with Gasteiger partial charge in [0.05, 0.1) is 23.1 Å². The molecular formula is C37H54ClN3O2. The number of piperazine rings is 1. The molecule has 0 bridgehead atoms. The Morgan fingerprint density at radius 2 is 1.84 bits per heavy atom. The number of ether oxygens (including phenoxy) is 2. The van der Waals surface area contributed by atoms with E-state index in [9.17, 15) is 0 Å². The molecule has 236 valence electrons. The van der Waals surface area contributed by atoms with Gasteiger partial charge in [-0.25, -0.2) is 0 Å². The van der Waals surface area contributed by atoms with Crippen molar-refractivity contribution in [2.45, 2.75) is 91.7 Å². The molecule has 0 radical (unpaired) electrons. The van der Waals surface area contributed by atoms with Crippen LogP contribution in [-0.2, 0) is 11.2 Å². The van der Waals surface area contributed by atoms with Crippen LogP contribution in [0.2, 0.25) is 0 Å². The Hall–Kier alpha value is -2.63. The summed E-state index contributed by atoms with van der Waals surface area (Å²) in [4.78, 5) is 7.35. The fourth-order valence-electron chi connectivity index (χ4n) is 6.16. The van der Waals surface area contributed by atoms with Gasteiger partial charge in [0.1, 0.15) is 5.75 Å². The molecule has 2 heterocycles. The fourth-order valence-corrected chi connectivity index (χ4v) is 6.42. The number of nitrogens with zero attached hydrogens (tertiary/aromatic N) is 3. The average Bonchev–Trinajstić information content (AvgIpc) is 3.16. The van der Waals surface area contributed by atoms with Gasteiger partial charge >= 0.3 is 0 Å². The maximum absolute atomic E-state index is 6.69. The molecule has 1 atom stereocenters. The first-order valence-corrected chi connectivity index (χ1v) is 16.9. The molecule has 43 heavy (non-hydrogen) atoms. The standard InChI is InChI=1S/C37H54ClN3O2/c1-7-8-9-15-31(6)43-37(28(2)3)41-30(5)17-18-32-19-20-33(27-35(32)41)42-26-13-12-21-39-22-24-40(25-23-39)34-16-11-10-14-29(4)36(34)38/h10-11,14,19-20,27-28,37H,5-9,12-13,15-18,21-26H2,1-4H3. The van der Waals surface area contributed by atoms with Crippen LogP contribution < -0.4 is 9.64 Å². The summed E-state index contributed by atoms with van der Waals surface area (Å²) in [5.41, 5.74) is 6.02. The summed E-state index contributed by atoms with van der Waals surface area (Å²) >= 11 is 6.69. The number of fused-ring (bicyclic) bond motifs is 1. The largest absolute Gasteiger partial charge is 0.494 e. The molecule has 0 aromatic heterocycles. The number of rotatable bonds is 15. The van der Waals surface area contributed by atoms with E-state index in [0.717, 1.165) is 118 Å². The molecule has 0 saturated carbocycles. The second-order valence-electron chi connectivity index (χ2n) is 12.6. The molecule has 1 saturated heterocycles. The number of hydrogen-bond acceptors (Lipinski definition) is 5. The first-order chi connectivity index (χ1) is 20.8. The molecule has 1 aromatic rings. The molecular weight excluding hydrogens is 554 g/mol. The Kier molecular flexibility index (Phi) is 12.7. The lowest BCUT2D eigenvalue weighted by molar-refractivity contribution is 0.0724. The summed E-state index contributed by atoms with van der Waals surface area (Å²) in [6.07, 6.45) is 15.8. The highest BCUT2D eigenvalue weighted by atomic mass is 35.5. The second kappa shape index (κ2) is 16.4. The van der Waals surface area contributed by atoms with Crippen LogP contribution in [0.3, 0.4) is 0 Å². The summed E-state index contributed by atoms with van der Waals surface area (Å²) in [6, 6.07) is 6.54. The molecule has 1 unspecified atom stereocenters. The molecule has 1 fully saturated rings. The van der Waals surface area contributed by atoms with E-state index in [-0.39, 0.29) is 12.1 Å². The number of anilines is 1.